The van der Waals surface area contributed by atoms with E-state index >= 15 is 0 Å². The maximum atomic E-state index is 12.4. The van der Waals surface area contributed by atoms with Crippen LogP contribution in [-0.2, 0) is 9.53 Å². The van der Waals surface area contributed by atoms with Gasteiger partial charge < -0.3 is 20.1 Å². The van der Waals surface area contributed by atoms with E-state index in [1.54, 1.807) is 25.3 Å². The third-order valence-corrected chi connectivity index (χ3v) is 3.25. The van der Waals surface area contributed by atoms with E-state index in [0.29, 0.717) is 5.56 Å². The molecule has 0 aliphatic heterocycles. The van der Waals surface area contributed by atoms with Crippen LogP contribution >= 0.6 is 0 Å². The van der Waals surface area contributed by atoms with Crippen LogP contribution in [0.25, 0.3) is 10.9 Å². The zero-order valence-corrected chi connectivity index (χ0v) is 12.0. The van der Waals surface area contributed by atoms with Gasteiger partial charge in [0.2, 0.25) is 0 Å². The van der Waals surface area contributed by atoms with Gasteiger partial charge in [0.1, 0.15) is 0 Å². The Balaban J connectivity index is 2.26. The zero-order chi connectivity index (χ0) is 15.5. The third-order valence-electron chi connectivity index (χ3n) is 3.25. The summed E-state index contributed by atoms with van der Waals surface area (Å²) >= 11 is 0. The van der Waals surface area contributed by atoms with Gasteiger partial charge in [0.05, 0.1) is 29.6 Å². The molecular weight excluding hydrogens is 272 g/mol. The van der Waals surface area contributed by atoms with Crippen LogP contribution in [0.15, 0.2) is 30.5 Å². The van der Waals surface area contributed by atoms with E-state index in [1.807, 2.05) is 12.1 Å². The number of ether oxygens (including phenoxy) is 1. The Bertz CT molecular complexity index is 664. The van der Waals surface area contributed by atoms with Gasteiger partial charge in [-0.2, -0.15) is 0 Å². The topological polar surface area (TPSA) is 91.4 Å². The van der Waals surface area contributed by atoms with Gasteiger partial charge in [0.15, 0.2) is 0 Å². The molecule has 1 aromatic carbocycles. The lowest BCUT2D eigenvalue weighted by Crippen LogP contribution is -2.50. The van der Waals surface area contributed by atoms with Crippen molar-refractivity contribution in [2.75, 3.05) is 13.7 Å². The molecule has 0 bridgehead atoms. The Morgan fingerprint density at radius 1 is 1.38 bits per heavy atom. The minimum Gasteiger partial charge on any atom is -0.481 e. The molecule has 2 aromatic rings. The molecule has 2 rings (SSSR count). The van der Waals surface area contributed by atoms with Crippen LogP contribution in [0.1, 0.15) is 23.7 Å². The van der Waals surface area contributed by atoms with Gasteiger partial charge in [0.25, 0.3) is 5.91 Å². The largest absolute Gasteiger partial charge is 0.481 e. The SMILES string of the molecule is COCC(C)(CC(=O)O)NC(=O)c1cccc2cc[nH]c12. The van der Waals surface area contributed by atoms with Crippen molar-refractivity contribution in [3.8, 4) is 0 Å². The molecule has 1 heterocycles. The molecule has 0 aliphatic carbocycles. The van der Waals surface area contributed by atoms with Crippen LogP contribution in [0.2, 0.25) is 0 Å². The summed E-state index contributed by atoms with van der Waals surface area (Å²) in [6, 6.07) is 7.25. The van der Waals surface area contributed by atoms with E-state index in [9.17, 15) is 9.59 Å². The number of carbonyl (C=O) groups is 2. The molecule has 1 aromatic heterocycles. The molecule has 0 fully saturated rings. The van der Waals surface area contributed by atoms with Gasteiger partial charge in [-0.1, -0.05) is 12.1 Å². The Morgan fingerprint density at radius 3 is 2.81 bits per heavy atom. The molecule has 0 saturated heterocycles. The number of fused-ring (bicyclic) bond motifs is 1. The van der Waals surface area contributed by atoms with Crippen molar-refractivity contribution < 1.29 is 19.4 Å². The van der Waals surface area contributed by atoms with E-state index < -0.39 is 11.5 Å². The molecule has 1 unspecified atom stereocenters. The number of carbonyl (C=O) groups excluding carboxylic acids is 1. The van der Waals surface area contributed by atoms with Gasteiger partial charge in [-0.3, -0.25) is 9.59 Å². The van der Waals surface area contributed by atoms with E-state index in [2.05, 4.69) is 10.3 Å². The summed E-state index contributed by atoms with van der Waals surface area (Å²) in [6.45, 7) is 1.77. The first-order valence-corrected chi connectivity index (χ1v) is 6.54. The Morgan fingerprint density at radius 2 is 2.14 bits per heavy atom. The molecule has 6 nitrogen and oxygen atoms in total. The number of aromatic nitrogens is 1. The summed E-state index contributed by atoms with van der Waals surface area (Å²) in [7, 11) is 1.47. The van der Waals surface area contributed by atoms with Gasteiger partial charge in [0, 0.05) is 18.7 Å². The average Bonchev–Trinajstić information content (AvgIpc) is 2.85. The second-order valence-electron chi connectivity index (χ2n) is 5.27. The summed E-state index contributed by atoms with van der Waals surface area (Å²) < 4.78 is 5.03. The monoisotopic (exact) mass is 290 g/mol. The molecule has 0 aliphatic rings. The summed E-state index contributed by atoms with van der Waals surface area (Å²) in [5, 5.41) is 12.7. The van der Waals surface area contributed by atoms with Crippen LogP contribution in [0.5, 0.6) is 0 Å². The second-order valence-corrected chi connectivity index (χ2v) is 5.27. The number of carboxylic acid groups (broad SMARTS) is 1. The Kier molecular flexibility index (Phi) is 4.28. The molecule has 0 saturated carbocycles. The number of benzene rings is 1. The van der Waals surface area contributed by atoms with Crippen molar-refractivity contribution >= 4 is 22.8 Å². The quantitative estimate of drug-likeness (QED) is 0.756. The fraction of sp³-hybridized carbons (Fsp3) is 0.333. The summed E-state index contributed by atoms with van der Waals surface area (Å²) in [5.41, 5.74) is 0.238. The number of H-pyrrole nitrogens is 1. The normalized spacial score (nSPS) is 13.8. The minimum absolute atomic E-state index is 0.117. The van der Waals surface area contributed by atoms with Crippen LogP contribution in [0, 0.1) is 0 Å². The van der Waals surface area contributed by atoms with Crippen molar-refractivity contribution in [1.82, 2.24) is 10.3 Å². The van der Waals surface area contributed by atoms with Gasteiger partial charge in [-0.15, -0.1) is 0 Å². The molecule has 6 heteroatoms. The number of para-hydroxylation sites is 1. The first kappa shape index (κ1) is 15.1. The fourth-order valence-electron chi connectivity index (χ4n) is 2.40. The highest BCUT2D eigenvalue weighted by Crippen LogP contribution is 2.19. The van der Waals surface area contributed by atoms with Crippen molar-refractivity contribution in [2.45, 2.75) is 18.9 Å². The standard InChI is InChI=1S/C15H18N2O4/c1-15(9-21-2,8-12(18)19)17-14(20)11-5-3-4-10-6-7-16-13(10)11/h3-7,16H,8-9H2,1-2H3,(H,17,20)(H,18,19). The first-order chi connectivity index (χ1) is 9.95. The Hall–Kier alpha value is -2.34. The number of hydrogen-bond donors (Lipinski definition) is 3. The predicted molar refractivity (Wildman–Crippen MR) is 78.3 cm³/mol. The molecule has 0 radical (unpaired) electrons. The van der Waals surface area contributed by atoms with Gasteiger partial charge in [-0.25, -0.2) is 0 Å². The molecule has 0 spiro atoms. The lowest BCUT2D eigenvalue weighted by Gasteiger charge is -2.28. The molecule has 112 valence electrons. The molecule has 1 amide bonds. The predicted octanol–water partition coefficient (Wildman–Crippen LogP) is 1.78. The number of aliphatic carboxylic acids is 1. The number of methoxy groups -OCH3 is 1. The third kappa shape index (κ3) is 3.41. The zero-order valence-electron chi connectivity index (χ0n) is 12.0. The van der Waals surface area contributed by atoms with Crippen molar-refractivity contribution in [1.29, 1.82) is 0 Å². The molecule has 1 atom stereocenters. The highest BCUT2D eigenvalue weighted by Gasteiger charge is 2.30. The minimum atomic E-state index is -0.993. The summed E-state index contributed by atoms with van der Waals surface area (Å²) in [6.07, 6.45) is 1.54. The maximum Gasteiger partial charge on any atom is 0.305 e. The van der Waals surface area contributed by atoms with E-state index in [4.69, 9.17) is 9.84 Å². The van der Waals surface area contributed by atoms with Crippen molar-refractivity contribution in [3.63, 3.8) is 0 Å². The smallest absolute Gasteiger partial charge is 0.305 e. The first-order valence-electron chi connectivity index (χ1n) is 6.54. The van der Waals surface area contributed by atoms with Gasteiger partial charge >= 0.3 is 5.97 Å². The number of hydrogen-bond acceptors (Lipinski definition) is 3. The highest BCUT2D eigenvalue weighted by atomic mass is 16.5. The number of nitrogens with one attached hydrogen (secondary N) is 2. The van der Waals surface area contributed by atoms with Crippen LogP contribution in [0.3, 0.4) is 0 Å². The highest BCUT2D eigenvalue weighted by molar-refractivity contribution is 6.06. The number of amides is 1. The van der Waals surface area contributed by atoms with Crippen LogP contribution < -0.4 is 5.32 Å². The van der Waals surface area contributed by atoms with Gasteiger partial charge in [-0.05, 0) is 19.1 Å². The molecule has 21 heavy (non-hydrogen) atoms. The maximum absolute atomic E-state index is 12.4. The van der Waals surface area contributed by atoms with Crippen LogP contribution in [0.4, 0.5) is 0 Å². The van der Waals surface area contributed by atoms with Crippen molar-refractivity contribution in [2.24, 2.45) is 0 Å². The van der Waals surface area contributed by atoms with E-state index in [-0.39, 0.29) is 18.9 Å². The summed E-state index contributed by atoms with van der Waals surface area (Å²) in [4.78, 5) is 26.4. The lowest BCUT2D eigenvalue weighted by atomic mass is 9.98. The molecule has 3 N–H and O–H groups in total. The fourth-order valence-corrected chi connectivity index (χ4v) is 2.40. The van der Waals surface area contributed by atoms with E-state index in [0.717, 1.165) is 10.9 Å². The van der Waals surface area contributed by atoms with Crippen LogP contribution in [-0.4, -0.2) is 41.2 Å². The van der Waals surface area contributed by atoms with E-state index in [1.165, 1.54) is 7.11 Å². The molecular formula is C15H18N2O4. The number of aromatic amines is 1. The second kappa shape index (κ2) is 5.97. The number of rotatable bonds is 6. The summed E-state index contributed by atoms with van der Waals surface area (Å²) in [5.74, 6) is -1.32. The average molecular weight is 290 g/mol. The number of carboxylic acids is 1. The van der Waals surface area contributed by atoms with Crippen molar-refractivity contribution in [3.05, 3.63) is 36.0 Å². The Labute approximate surface area is 122 Å². The lowest BCUT2D eigenvalue weighted by molar-refractivity contribution is -0.139.